The van der Waals surface area contributed by atoms with E-state index in [9.17, 15) is 4.39 Å². The van der Waals surface area contributed by atoms with E-state index in [1.54, 1.807) is 6.07 Å². The van der Waals surface area contributed by atoms with Gasteiger partial charge in [0.2, 0.25) is 0 Å². The Morgan fingerprint density at radius 1 is 1.37 bits per heavy atom. The summed E-state index contributed by atoms with van der Waals surface area (Å²) in [6.45, 7) is 4.82. The van der Waals surface area contributed by atoms with Crippen LogP contribution in [0.5, 0.6) is 0 Å². The highest BCUT2D eigenvalue weighted by molar-refractivity contribution is 5.21. The molecule has 0 spiro atoms. The van der Waals surface area contributed by atoms with Crippen LogP contribution in [0.15, 0.2) is 24.3 Å². The van der Waals surface area contributed by atoms with Crippen molar-refractivity contribution in [3.8, 4) is 0 Å². The molecule has 1 heterocycles. The number of hydrogen-bond donors (Lipinski definition) is 1. The Morgan fingerprint density at radius 3 is 2.79 bits per heavy atom. The molecule has 0 bridgehead atoms. The number of likely N-dealkylation sites (N-methyl/N-ethyl adjacent to an activating group) is 1. The summed E-state index contributed by atoms with van der Waals surface area (Å²) >= 11 is 0. The minimum Gasteiger partial charge on any atom is -0.381 e. The SMILES string of the molecule is CCNC(COC1CCOCC1)c1ccccc1F. The lowest BCUT2D eigenvalue weighted by molar-refractivity contribution is -0.0384. The standard InChI is InChI=1S/C15H22FNO2/c1-2-17-15(13-5-3-4-6-14(13)16)11-19-12-7-9-18-10-8-12/h3-6,12,15,17H,2,7-11H2,1H3. The van der Waals surface area contributed by atoms with E-state index >= 15 is 0 Å². The fourth-order valence-corrected chi connectivity index (χ4v) is 2.34. The van der Waals surface area contributed by atoms with Crippen molar-refractivity contribution in [3.63, 3.8) is 0 Å². The van der Waals surface area contributed by atoms with Crippen LogP contribution in [0, 0.1) is 5.82 Å². The van der Waals surface area contributed by atoms with Crippen molar-refractivity contribution in [3.05, 3.63) is 35.6 Å². The van der Waals surface area contributed by atoms with Crippen LogP contribution in [0.2, 0.25) is 0 Å². The van der Waals surface area contributed by atoms with Crippen molar-refractivity contribution in [2.45, 2.75) is 31.9 Å². The van der Waals surface area contributed by atoms with Crippen molar-refractivity contribution in [2.24, 2.45) is 0 Å². The number of benzene rings is 1. The Kier molecular flexibility index (Phi) is 5.76. The summed E-state index contributed by atoms with van der Waals surface area (Å²) in [7, 11) is 0. The van der Waals surface area contributed by atoms with E-state index in [4.69, 9.17) is 9.47 Å². The lowest BCUT2D eigenvalue weighted by atomic mass is 10.1. The maximum absolute atomic E-state index is 13.8. The van der Waals surface area contributed by atoms with Gasteiger partial charge in [-0.05, 0) is 25.5 Å². The van der Waals surface area contributed by atoms with Gasteiger partial charge in [0.05, 0.1) is 18.8 Å². The van der Waals surface area contributed by atoms with Crippen LogP contribution in [0.3, 0.4) is 0 Å². The van der Waals surface area contributed by atoms with E-state index in [-0.39, 0.29) is 18.0 Å². The number of nitrogens with one attached hydrogen (secondary N) is 1. The molecule has 1 aromatic rings. The van der Waals surface area contributed by atoms with Gasteiger partial charge in [-0.2, -0.15) is 0 Å². The minimum absolute atomic E-state index is 0.0888. The van der Waals surface area contributed by atoms with E-state index < -0.39 is 0 Å². The van der Waals surface area contributed by atoms with Crippen molar-refractivity contribution in [2.75, 3.05) is 26.4 Å². The summed E-state index contributed by atoms with van der Waals surface area (Å²) in [5.74, 6) is -0.177. The number of rotatable bonds is 6. The summed E-state index contributed by atoms with van der Waals surface area (Å²) < 4.78 is 25.0. The maximum atomic E-state index is 13.8. The molecule has 1 aliphatic rings. The van der Waals surface area contributed by atoms with Gasteiger partial charge >= 0.3 is 0 Å². The third-order valence-electron chi connectivity index (χ3n) is 3.40. The molecule has 0 aromatic heterocycles. The van der Waals surface area contributed by atoms with Gasteiger partial charge in [-0.1, -0.05) is 25.1 Å². The quantitative estimate of drug-likeness (QED) is 0.859. The van der Waals surface area contributed by atoms with Crippen LogP contribution in [-0.2, 0) is 9.47 Å². The first kappa shape index (κ1) is 14.4. The van der Waals surface area contributed by atoms with Gasteiger partial charge in [0, 0.05) is 18.8 Å². The molecule has 1 N–H and O–H groups in total. The number of ether oxygens (including phenoxy) is 2. The summed E-state index contributed by atoms with van der Waals surface area (Å²) in [5, 5.41) is 3.28. The van der Waals surface area contributed by atoms with Gasteiger partial charge in [-0.15, -0.1) is 0 Å². The molecule has 1 unspecified atom stereocenters. The van der Waals surface area contributed by atoms with Crippen LogP contribution in [0.25, 0.3) is 0 Å². The first-order valence-electron chi connectivity index (χ1n) is 6.98. The summed E-state index contributed by atoms with van der Waals surface area (Å²) in [4.78, 5) is 0. The van der Waals surface area contributed by atoms with E-state index in [2.05, 4.69) is 5.32 Å². The first-order chi connectivity index (χ1) is 9.31. The summed E-state index contributed by atoms with van der Waals surface area (Å²) in [5.41, 5.74) is 0.677. The second-order valence-corrected chi connectivity index (χ2v) is 4.78. The zero-order valence-corrected chi connectivity index (χ0v) is 11.4. The van der Waals surface area contributed by atoms with Gasteiger partial charge in [-0.3, -0.25) is 0 Å². The molecule has 1 aliphatic heterocycles. The molecule has 1 fully saturated rings. The molecule has 4 heteroatoms. The average molecular weight is 267 g/mol. The van der Waals surface area contributed by atoms with E-state index in [0.717, 1.165) is 32.6 Å². The van der Waals surface area contributed by atoms with Crippen LogP contribution in [0.1, 0.15) is 31.4 Å². The highest BCUT2D eigenvalue weighted by atomic mass is 19.1. The predicted octanol–water partition coefficient (Wildman–Crippen LogP) is 2.67. The fourth-order valence-electron chi connectivity index (χ4n) is 2.34. The molecular weight excluding hydrogens is 245 g/mol. The van der Waals surface area contributed by atoms with E-state index in [0.29, 0.717) is 12.2 Å². The Bertz CT molecular complexity index is 380. The van der Waals surface area contributed by atoms with Gasteiger partial charge in [0.1, 0.15) is 5.82 Å². The van der Waals surface area contributed by atoms with Gasteiger partial charge in [-0.25, -0.2) is 4.39 Å². The molecule has 106 valence electrons. The molecule has 3 nitrogen and oxygen atoms in total. The highest BCUT2D eigenvalue weighted by Crippen LogP contribution is 2.19. The predicted molar refractivity (Wildman–Crippen MR) is 72.6 cm³/mol. The van der Waals surface area contributed by atoms with Crippen molar-refractivity contribution >= 4 is 0 Å². The summed E-state index contributed by atoms with van der Waals surface area (Å²) in [6.07, 6.45) is 2.09. The Morgan fingerprint density at radius 2 is 2.11 bits per heavy atom. The van der Waals surface area contributed by atoms with Crippen LogP contribution >= 0.6 is 0 Å². The molecule has 0 saturated carbocycles. The molecule has 19 heavy (non-hydrogen) atoms. The lowest BCUT2D eigenvalue weighted by Gasteiger charge is -2.26. The minimum atomic E-state index is -0.177. The van der Waals surface area contributed by atoms with Crippen LogP contribution < -0.4 is 5.32 Å². The Labute approximate surface area is 114 Å². The first-order valence-corrected chi connectivity index (χ1v) is 6.98. The normalized spacial score (nSPS) is 18.4. The number of hydrogen-bond acceptors (Lipinski definition) is 3. The zero-order chi connectivity index (χ0) is 13.5. The van der Waals surface area contributed by atoms with Gasteiger partial charge in [0.15, 0.2) is 0 Å². The lowest BCUT2D eigenvalue weighted by Crippen LogP contribution is -2.30. The van der Waals surface area contributed by atoms with Gasteiger partial charge in [0.25, 0.3) is 0 Å². The van der Waals surface area contributed by atoms with E-state index in [1.165, 1.54) is 6.07 Å². The van der Waals surface area contributed by atoms with Crippen LogP contribution in [-0.4, -0.2) is 32.5 Å². The fraction of sp³-hybridized carbons (Fsp3) is 0.600. The monoisotopic (exact) mass is 267 g/mol. The van der Waals surface area contributed by atoms with E-state index in [1.807, 2.05) is 19.1 Å². The molecule has 0 radical (unpaired) electrons. The largest absolute Gasteiger partial charge is 0.381 e. The molecule has 0 amide bonds. The highest BCUT2D eigenvalue weighted by Gasteiger charge is 2.19. The average Bonchev–Trinajstić information content (AvgIpc) is 2.45. The maximum Gasteiger partial charge on any atom is 0.128 e. The van der Waals surface area contributed by atoms with Crippen molar-refractivity contribution in [1.29, 1.82) is 0 Å². The zero-order valence-electron chi connectivity index (χ0n) is 11.4. The molecular formula is C15H22FNO2. The van der Waals surface area contributed by atoms with Crippen LogP contribution in [0.4, 0.5) is 4.39 Å². The van der Waals surface area contributed by atoms with Gasteiger partial charge < -0.3 is 14.8 Å². The number of halogens is 1. The second-order valence-electron chi connectivity index (χ2n) is 4.78. The topological polar surface area (TPSA) is 30.5 Å². The molecule has 1 aromatic carbocycles. The van der Waals surface area contributed by atoms with Crippen molar-refractivity contribution in [1.82, 2.24) is 5.32 Å². The molecule has 2 rings (SSSR count). The third-order valence-corrected chi connectivity index (χ3v) is 3.40. The molecule has 0 aliphatic carbocycles. The van der Waals surface area contributed by atoms with Crippen molar-refractivity contribution < 1.29 is 13.9 Å². The second kappa shape index (κ2) is 7.58. The smallest absolute Gasteiger partial charge is 0.128 e. The molecule has 1 saturated heterocycles. The molecule has 1 atom stereocenters. The Balaban J connectivity index is 1.94. The Hall–Kier alpha value is -0.970. The third kappa shape index (κ3) is 4.27. The summed E-state index contributed by atoms with van der Waals surface area (Å²) in [6, 6.07) is 6.79.